The molecule has 4 rings (SSSR count). The van der Waals surface area contributed by atoms with Crippen LogP contribution < -0.4 is 15.4 Å². The number of carbonyl (C=O) groups is 1. The maximum Gasteiger partial charge on any atom is 0.335 e. The van der Waals surface area contributed by atoms with Crippen LogP contribution in [0, 0.1) is 5.82 Å². The van der Waals surface area contributed by atoms with Crippen molar-refractivity contribution >= 4 is 28.6 Å². The van der Waals surface area contributed by atoms with Crippen LogP contribution in [0.5, 0.6) is 0 Å². The van der Waals surface area contributed by atoms with Crippen molar-refractivity contribution in [2.45, 2.75) is 0 Å². The fourth-order valence-corrected chi connectivity index (χ4v) is 3.23. The number of piperazine rings is 1. The first kappa shape index (κ1) is 17.0. The maximum absolute atomic E-state index is 14.3. The summed E-state index contributed by atoms with van der Waals surface area (Å²) in [4.78, 5) is 34.1. The Morgan fingerprint density at radius 1 is 1.22 bits per heavy atom. The minimum absolute atomic E-state index is 0.0823. The fraction of sp³-hybridized carbons (Fsp3) is 0.294. The van der Waals surface area contributed by atoms with E-state index in [1.165, 1.54) is 18.3 Å². The monoisotopic (exact) mass is 372 g/mol. The second-order valence-corrected chi connectivity index (χ2v) is 6.34. The Balaban J connectivity index is 1.53. The number of carboxylic acids is 1. The highest BCUT2D eigenvalue weighted by Gasteiger charge is 2.22. The average Bonchev–Trinajstić information content (AvgIpc) is 3.03. The lowest BCUT2D eigenvalue weighted by Crippen LogP contribution is -2.47. The first-order valence-corrected chi connectivity index (χ1v) is 8.39. The van der Waals surface area contributed by atoms with E-state index in [1.807, 2.05) is 9.80 Å². The zero-order valence-electron chi connectivity index (χ0n) is 14.5. The van der Waals surface area contributed by atoms with Crippen LogP contribution in [0.4, 0.5) is 16.0 Å². The summed E-state index contributed by atoms with van der Waals surface area (Å²) in [5, 5.41) is 13.4. The average molecular weight is 372 g/mol. The van der Waals surface area contributed by atoms with Gasteiger partial charge in [0.05, 0.1) is 17.4 Å². The van der Waals surface area contributed by atoms with Gasteiger partial charge in [-0.1, -0.05) is 0 Å². The van der Waals surface area contributed by atoms with Crippen LogP contribution in [0.25, 0.3) is 11.0 Å². The summed E-state index contributed by atoms with van der Waals surface area (Å²) < 4.78 is 15.8. The highest BCUT2D eigenvalue weighted by molar-refractivity contribution is 5.88. The van der Waals surface area contributed by atoms with E-state index in [0.29, 0.717) is 48.8 Å². The van der Waals surface area contributed by atoms with Gasteiger partial charge in [-0.2, -0.15) is 10.1 Å². The summed E-state index contributed by atoms with van der Waals surface area (Å²) >= 11 is 0. The number of benzene rings is 1. The van der Waals surface area contributed by atoms with Gasteiger partial charge in [0.2, 0.25) is 5.95 Å². The molecule has 3 aromatic rings. The molecule has 1 aliphatic heterocycles. The predicted molar refractivity (Wildman–Crippen MR) is 96.9 cm³/mol. The normalized spacial score (nSPS) is 14.7. The zero-order valence-corrected chi connectivity index (χ0v) is 14.5. The Bertz CT molecular complexity index is 1080. The van der Waals surface area contributed by atoms with Crippen molar-refractivity contribution in [2.24, 2.45) is 7.05 Å². The van der Waals surface area contributed by atoms with Gasteiger partial charge in [0.25, 0.3) is 5.56 Å². The Labute approximate surface area is 152 Å². The molecular formula is C17H17FN6O3. The smallest absolute Gasteiger partial charge is 0.335 e. The first-order chi connectivity index (χ1) is 12.9. The largest absolute Gasteiger partial charge is 0.478 e. The minimum atomic E-state index is -1.16. The van der Waals surface area contributed by atoms with E-state index in [4.69, 9.17) is 5.11 Å². The molecule has 2 N–H and O–H groups in total. The molecule has 0 unspecified atom stereocenters. The molecule has 9 nitrogen and oxygen atoms in total. The van der Waals surface area contributed by atoms with E-state index < -0.39 is 11.8 Å². The third-order valence-corrected chi connectivity index (χ3v) is 4.70. The topological polar surface area (TPSA) is 107 Å². The lowest BCUT2D eigenvalue weighted by atomic mass is 10.1. The quantitative estimate of drug-likeness (QED) is 0.701. The number of aryl methyl sites for hydroxylation is 1. The summed E-state index contributed by atoms with van der Waals surface area (Å²) in [5.41, 5.74) is 0.539. The summed E-state index contributed by atoms with van der Waals surface area (Å²) in [6.07, 6.45) is 1.48. The van der Waals surface area contributed by atoms with E-state index in [9.17, 15) is 14.0 Å². The molecule has 0 atom stereocenters. The van der Waals surface area contributed by atoms with E-state index in [-0.39, 0.29) is 11.1 Å². The van der Waals surface area contributed by atoms with E-state index in [0.717, 1.165) is 6.07 Å². The number of nitrogens with one attached hydrogen (secondary N) is 1. The van der Waals surface area contributed by atoms with Crippen LogP contribution in [0.1, 0.15) is 10.4 Å². The van der Waals surface area contributed by atoms with Crippen LogP contribution in [0.15, 0.2) is 29.2 Å². The molecule has 1 aliphatic rings. The number of aromatic nitrogens is 4. The van der Waals surface area contributed by atoms with Gasteiger partial charge in [0.15, 0.2) is 5.65 Å². The predicted octanol–water partition coefficient (Wildman–Crippen LogP) is 0.820. The third kappa shape index (κ3) is 2.98. The number of hydrogen-bond donors (Lipinski definition) is 2. The van der Waals surface area contributed by atoms with Gasteiger partial charge in [-0.25, -0.2) is 9.18 Å². The van der Waals surface area contributed by atoms with Crippen molar-refractivity contribution in [3.63, 3.8) is 0 Å². The molecule has 0 saturated carbocycles. The Morgan fingerprint density at radius 2 is 1.93 bits per heavy atom. The lowest BCUT2D eigenvalue weighted by molar-refractivity contribution is 0.0696. The molecule has 1 saturated heterocycles. The molecule has 0 bridgehead atoms. The standard InChI is InChI=1S/C17H17FN6O3/c1-22-14-11(9-19-22)15(25)21-17(20-14)24-6-4-23(5-7-24)13-3-2-10(16(26)27)8-12(13)18/h2-3,8-9H,4-7H2,1H3,(H,26,27)(H,20,21,25). The van der Waals surface area contributed by atoms with E-state index in [2.05, 4.69) is 15.1 Å². The van der Waals surface area contributed by atoms with Gasteiger partial charge in [-0.05, 0) is 18.2 Å². The highest BCUT2D eigenvalue weighted by Crippen LogP contribution is 2.23. The third-order valence-electron chi connectivity index (χ3n) is 4.70. The first-order valence-electron chi connectivity index (χ1n) is 8.39. The van der Waals surface area contributed by atoms with Gasteiger partial charge in [0.1, 0.15) is 11.2 Å². The number of halogens is 1. The SMILES string of the molecule is Cn1ncc2c(=O)[nH]c(N3CCN(c4ccc(C(=O)O)cc4F)CC3)nc21. The molecule has 1 aromatic carbocycles. The molecule has 1 fully saturated rings. The Morgan fingerprint density at radius 3 is 2.59 bits per heavy atom. The molecular weight excluding hydrogens is 355 g/mol. The van der Waals surface area contributed by atoms with Crippen LogP contribution in [-0.4, -0.2) is 57.0 Å². The molecule has 0 spiro atoms. The number of fused-ring (bicyclic) bond motifs is 1. The van der Waals surface area contributed by atoms with Crippen LogP contribution >= 0.6 is 0 Å². The number of rotatable bonds is 3. The lowest BCUT2D eigenvalue weighted by Gasteiger charge is -2.36. The fourth-order valence-electron chi connectivity index (χ4n) is 3.23. The van der Waals surface area contributed by atoms with Crippen LogP contribution in [0.3, 0.4) is 0 Å². The van der Waals surface area contributed by atoms with Gasteiger partial charge in [-0.3, -0.25) is 14.5 Å². The number of aromatic carboxylic acids is 1. The van der Waals surface area contributed by atoms with Crippen molar-refractivity contribution in [2.75, 3.05) is 36.0 Å². The molecule has 0 aliphatic carbocycles. The summed E-state index contributed by atoms with van der Waals surface area (Å²) in [6, 6.07) is 3.90. The number of anilines is 2. The van der Waals surface area contributed by atoms with Crippen LogP contribution in [0.2, 0.25) is 0 Å². The molecule has 27 heavy (non-hydrogen) atoms. The van der Waals surface area contributed by atoms with Gasteiger partial charge < -0.3 is 14.9 Å². The maximum atomic E-state index is 14.3. The second-order valence-electron chi connectivity index (χ2n) is 6.34. The molecule has 140 valence electrons. The van der Waals surface area contributed by atoms with Crippen molar-refractivity contribution in [1.29, 1.82) is 0 Å². The number of carboxylic acid groups (broad SMARTS) is 1. The van der Waals surface area contributed by atoms with Gasteiger partial charge >= 0.3 is 5.97 Å². The molecule has 10 heteroatoms. The molecule has 0 radical (unpaired) electrons. The number of aromatic amines is 1. The van der Waals surface area contributed by atoms with Crippen molar-refractivity contribution in [1.82, 2.24) is 19.7 Å². The Hall–Kier alpha value is -3.43. The molecule has 0 amide bonds. The summed E-state index contributed by atoms with van der Waals surface area (Å²) in [5.74, 6) is -1.27. The van der Waals surface area contributed by atoms with E-state index >= 15 is 0 Å². The number of H-pyrrole nitrogens is 1. The number of nitrogens with zero attached hydrogens (tertiary/aromatic N) is 5. The van der Waals surface area contributed by atoms with Crippen LogP contribution in [-0.2, 0) is 7.05 Å². The number of hydrogen-bond acceptors (Lipinski definition) is 6. The van der Waals surface area contributed by atoms with Crippen molar-refractivity contribution in [3.05, 3.63) is 46.1 Å². The van der Waals surface area contributed by atoms with Gasteiger partial charge in [0, 0.05) is 33.2 Å². The van der Waals surface area contributed by atoms with E-state index in [1.54, 1.807) is 11.7 Å². The Kier molecular flexibility index (Phi) is 4.02. The molecule has 2 aromatic heterocycles. The molecule has 3 heterocycles. The van der Waals surface area contributed by atoms with Gasteiger partial charge in [-0.15, -0.1) is 0 Å². The summed E-state index contributed by atoms with van der Waals surface area (Å²) in [6.45, 7) is 2.09. The second kappa shape index (κ2) is 6.38. The van der Waals surface area contributed by atoms with Crippen molar-refractivity contribution in [3.8, 4) is 0 Å². The van der Waals surface area contributed by atoms with Crippen molar-refractivity contribution < 1.29 is 14.3 Å². The summed E-state index contributed by atoms with van der Waals surface area (Å²) in [7, 11) is 1.72. The minimum Gasteiger partial charge on any atom is -0.478 e. The highest BCUT2D eigenvalue weighted by atomic mass is 19.1. The zero-order chi connectivity index (χ0) is 19.1.